The van der Waals surface area contributed by atoms with Gasteiger partial charge in [-0.3, -0.25) is 14.4 Å². The van der Waals surface area contributed by atoms with Crippen LogP contribution in [0, 0.1) is 18.8 Å². The molecule has 0 spiro atoms. The largest absolute Gasteiger partial charge is 0.508 e. The number of allylic oxidation sites excluding steroid dienone is 2. The van der Waals surface area contributed by atoms with Gasteiger partial charge in [0.2, 0.25) is 5.91 Å². The third kappa shape index (κ3) is 5.71. The maximum absolute atomic E-state index is 12.9. The number of aliphatic carboxylic acids is 1. The van der Waals surface area contributed by atoms with Crippen LogP contribution in [0.1, 0.15) is 61.5 Å². The van der Waals surface area contributed by atoms with Gasteiger partial charge in [-0.25, -0.2) is 4.79 Å². The summed E-state index contributed by atoms with van der Waals surface area (Å²) in [6, 6.07) is 2.68. The number of hydrogen-bond acceptors (Lipinski definition) is 8. The van der Waals surface area contributed by atoms with Gasteiger partial charge in [0.25, 0.3) is 0 Å². The Hall–Kier alpha value is -3.76. The average molecular weight is 528 g/mol. The molecule has 1 fully saturated rings. The van der Waals surface area contributed by atoms with Crippen LogP contribution < -0.4 is 5.32 Å². The van der Waals surface area contributed by atoms with E-state index in [1.165, 1.54) is 38.1 Å². The zero-order valence-corrected chi connectivity index (χ0v) is 21.7. The SMILES string of the molecule is CC[C@@H](/C=C/[C@H](OC(=O)/C(C)=C\[C@H]1C(=O)NC2=CC(=O)c3cc(O)c(C)cc3[C@@]21O)[C@H](C)O)CCC(=O)O. The number of ether oxygens (including phenoxy) is 1. The van der Waals surface area contributed by atoms with Crippen molar-refractivity contribution in [2.45, 2.75) is 64.8 Å². The summed E-state index contributed by atoms with van der Waals surface area (Å²) in [4.78, 5) is 49.2. The first kappa shape index (κ1) is 28.8. The lowest BCUT2D eigenvalue weighted by molar-refractivity contribution is -0.146. The number of esters is 1. The van der Waals surface area contributed by atoms with E-state index in [1.54, 1.807) is 13.0 Å². The van der Waals surface area contributed by atoms with Crippen LogP contribution in [0.5, 0.6) is 5.75 Å². The number of aliphatic hydroxyl groups excluding tert-OH is 1. The number of carbonyl (C=O) groups is 4. The molecule has 1 aromatic rings. The van der Waals surface area contributed by atoms with Gasteiger partial charge in [0.1, 0.15) is 17.5 Å². The van der Waals surface area contributed by atoms with Gasteiger partial charge in [0.15, 0.2) is 5.78 Å². The molecule has 0 saturated carbocycles. The predicted octanol–water partition coefficient (Wildman–Crippen LogP) is 2.40. The van der Waals surface area contributed by atoms with Gasteiger partial charge in [0, 0.05) is 29.2 Å². The number of phenolic OH excluding ortho intramolecular Hbond substituents is 1. The van der Waals surface area contributed by atoms with Crippen molar-refractivity contribution in [3.8, 4) is 5.75 Å². The van der Waals surface area contributed by atoms with Crippen LogP contribution in [0.4, 0.5) is 0 Å². The summed E-state index contributed by atoms with van der Waals surface area (Å²) < 4.78 is 5.45. The standard InChI is InChI=1S/C28H33NO9/c1-5-17(7-9-25(33)34)6-8-23(16(4)30)38-27(36)15(3)11-20-26(35)29-24-13-22(32)18-12-21(31)14(2)10-19(18)28(20,24)37/h6,8,10-13,16-17,20,23,30-31,37H,5,7,9H2,1-4H3,(H,29,35)(H,33,34)/b8-6+,15-11-/t16-,17-,20-,23-,28-/m0/s1. The average Bonchev–Trinajstić information content (AvgIpc) is 3.08. The molecule has 1 aromatic carbocycles. The number of amides is 1. The van der Waals surface area contributed by atoms with Crippen LogP contribution in [0.3, 0.4) is 0 Å². The summed E-state index contributed by atoms with van der Waals surface area (Å²) in [5, 5.41) is 43.3. The molecule has 1 heterocycles. The van der Waals surface area contributed by atoms with Gasteiger partial charge in [0.05, 0.1) is 17.7 Å². The zero-order chi connectivity index (χ0) is 28.4. The van der Waals surface area contributed by atoms with Gasteiger partial charge in [-0.15, -0.1) is 0 Å². The number of hydrogen-bond donors (Lipinski definition) is 5. The molecule has 38 heavy (non-hydrogen) atoms. The molecular weight excluding hydrogens is 494 g/mol. The lowest BCUT2D eigenvalue weighted by atomic mass is 9.74. The van der Waals surface area contributed by atoms with Crippen molar-refractivity contribution in [3.63, 3.8) is 0 Å². The van der Waals surface area contributed by atoms with Crippen LogP contribution >= 0.6 is 0 Å². The second-order valence-electron chi connectivity index (χ2n) is 9.79. The molecule has 0 unspecified atom stereocenters. The van der Waals surface area contributed by atoms with E-state index in [-0.39, 0.29) is 40.5 Å². The van der Waals surface area contributed by atoms with Gasteiger partial charge in [-0.1, -0.05) is 19.1 Å². The zero-order valence-electron chi connectivity index (χ0n) is 21.7. The molecule has 10 heteroatoms. The molecule has 5 atom stereocenters. The number of nitrogens with one attached hydrogen (secondary N) is 1. The molecule has 0 radical (unpaired) electrons. The number of benzene rings is 1. The second kappa shape index (κ2) is 11.3. The first-order valence-electron chi connectivity index (χ1n) is 12.4. The summed E-state index contributed by atoms with van der Waals surface area (Å²) in [5.74, 6) is -4.36. The molecule has 0 bridgehead atoms. The van der Waals surface area contributed by atoms with E-state index in [0.29, 0.717) is 18.4 Å². The Morgan fingerprint density at radius 2 is 1.92 bits per heavy atom. The maximum Gasteiger partial charge on any atom is 0.334 e. The number of carboxylic acid groups (broad SMARTS) is 1. The molecule has 1 aliphatic carbocycles. The lowest BCUT2D eigenvalue weighted by Crippen LogP contribution is -2.38. The monoisotopic (exact) mass is 527 g/mol. The lowest BCUT2D eigenvalue weighted by Gasteiger charge is -2.32. The van der Waals surface area contributed by atoms with E-state index in [2.05, 4.69) is 5.32 Å². The van der Waals surface area contributed by atoms with E-state index in [0.717, 1.165) is 6.08 Å². The van der Waals surface area contributed by atoms with Crippen molar-refractivity contribution in [3.05, 3.63) is 64.4 Å². The van der Waals surface area contributed by atoms with Gasteiger partial charge >= 0.3 is 11.9 Å². The highest BCUT2D eigenvalue weighted by Gasteiger charge is 2.55. The Balaban J connectivity index is 1.87. The van der Waals surface area contributed by atoms with Gasteiger partial charge in [-0.2, -0.15) is 0 Å². The number of carbonyl (C=O) groups excluding carboxylic acids is 3. The highest BCUT2D eigenvalue weighted by molar-refractivity contribution is 6.10. The molecule has 10 nitrogen and oxygen atoms in total. The van der Waals surface area contributed by atoms with Crippen molar-refractivity contribution in [1.82, 2.24) is 5.32 Å². The quantitative estimate of drug-likeness (QED) is 0.174. The minimum Gasteiger partial charge on any atom is -0.508 e. The van der Waals surface area contributed by atoms with Crippen LogP contribution in [-0.2, 0) is 24.7 Å². The van der Waals surface area contributed by atoms with E-state index in [4.69, 9.17) is 9.84 Å². The normalized spacial score (nSPS) is 23.3. The summed E-state index contributed by atoms with van der Waals surface area (Å²) in [6.07, 6.45) is 4.53. The molecular formula is C28H33NO9. The Morgan fingerprint density at radius 1 is 1.24 bits per heavy atom. The number of phenols is 1. The number of rotatable bonds is 10. The van der Waals surface area contributed by atoms with E-state index in [1.807, 2.05) is 6.92 Å². The summed E-state index contributed by atoms with van der Waals surface area (Å²) in [7, 11) is 0. The predicted molar refractivity (Wildman–Crippen MR) is 136 cm³/mol. The minimum atomic E-state index is -1.97. The number of ketones is 1. The molecule has 204 valence electrons. The fourth-order valence-corrected chi connectivity index (χ4v) is 4.59. The molecule has 1 amide bonds. The fraction of sp³-hybridized carbons (Fsp3) is 0.429. The van der Waals surface area contributed by atoms with Crippen molar-refractivity contribution < 1.29 is 44.3 Å². The number of carboxylic acids is 1. The summed E-state index contributed by atoms with van der Waals surface area (Å²) >= 11 is 0. The summed E-state index contributed by atoms with van der Waals surface area (Å²) in [5.41, 5.74) is -1.43. The van der Waals surface area contributed by atoms with Gasteiger partial charge in [-0.05, 0) is 63.3 Å². The Kier molecular flexibility index (Phi) is 8.58. The first-order valence-corrected chi connectivity index (χ1v) is 12.4. The number of aryl methyl sites for hydroxylation is 1. The highest BCUT2D eigenvalue weighted by Crippen LogP contribution is 2.47. The topological polar surface area (TPSA) is 170 Å². The van der Waals surface area contributed by atoms with Crippen molar-refractivity contribution in [2.24, 2.45) is 11.8 Å². The van der Waals surface area contributed by atoms with Crippen molar-refractivity contribution >= 4 is 23.6 Å². The minimum absolute atomic E-state index is 0.00857. The summed E-state index contributed by atoms with van der Waals surface area (Å²) in [6.45, 7) is 6.33. The van der Waals surface area contributed by atoms with E-state index < -0.39 is 47.4 Å². The van der Waals surface area contributed by atoms with Crippen LogP contribution in [0.25, 0.3) is 0 Å². The highest BCUT2D eigenvalue weighted by atomic mass is 16.6. The number of aliphatic hydroxyl groups is 2. The third-order valence-corrected chi connectivity index (χ3v) is 6.97. The molecule has 1 aliphatic heterocycles. The molecule has 2 aliphatic rings. The molecule has 5 N–H and O–H groups in total. The van der Waals surface area contributed by atoms with E-state index >= 15 is 0 Å². The third-order valence-electron chi connectivity index (χ3n) is 6.97. The van der Waals surface area contributed by atoms with Crippen LogP contribution in [-0.4, -0.2) is 56.3 Å². The van der Waals surface area contributed by atoms with Crippen molar-refractivity contribution in [2.75, 3.05) is 0 Å². The van der Waals surface area contributed by atoms with E-state index in [9.17, 15) is 34.5 Å². The number of fused-ring (bicyclic) bond motifs is 3. The second-order valence-corrected chi connectivity index (χ2v) is 9.79. The maximum atomic E-state index is 12.9. The van der Waals surface area contributed by atoms with Crippen LogP contribution in [0.2, 0.25) is 0 Å². The Labute approximate surface area is 220 Å². The first-order chi connectivity index (χ1) is 17.8. The van der Waals surface area contributed by atoms with Crippen molar-refractivity contribution in [1.29, 1.82) is 0 Å². The van der Waals surface area contributed by atoms with Crippen LogP contribution in [0.15, 0.2) is 47.7 Å². The Bertz CT molecular complexity index is 1240. The molecule has 0 aromatic heterocycles. The molecule has 3 rings (SSSR count). The number of aromatic hydroxyl groups is 1. The Morgan fingerprint density at radius 3 is 2.53 bits per heavy atom. The molecule has 1 saturated heterocycles. The smallest absolute Gasteiger partial charge is 0.334 e. The van der Waals surface area contributed by atoms with Gasteiger partial charge < -0.3 is 30.5 Å². The fourth-order valence-electron chi connectivity index (χ4n) is 4.59.